The molecule has 0 saturated heterocycles. The van der Waals surface area contributed by atoms with Crippen LogP contribution in [0.25, 0.3) is 21.8 Å². The number of ether oxygens (including phenoxy) is 3. The quantitative estimate of drug-likeness (QED) is 0.302. The molecule has 0 atom stereocenters. The standard InChI is InChI=1S/C27H28N2O3S/c1-18-25(20-11-13-22(14-12-20)29(2)3)28-27(33-18)21-15-23(30-4)26(24(16-21)31-5)32-17-19-9-7-6-8-10-19/h6-16H,17H2,1-5H3. The SMILES string of the molecule is COc1cc(-c2nc(-c3ccc(N(C)C)cc3)c(C)s2)cc(OC)c1OCc1ccccc1. The topological polar surface area (TPSA) is 43.8 Å². The minimum atomic E-state index is 0.427. The summed E-state index contributed by atoms with van der Waals surface area (Å²) in [7, 11) is 7.35. The molecular weight excluding hydrogens is 432 g/mol. The molecule has 0 amide bonds. The molecule has 0 aliphatic heterocycles. The largest absolute Gasteiger partial charge is 0.493 e. The van der Waals surface area contributed by atoms with Gasteiger partial charge < -0.3 is 19.1 Å². The van der Waals surface area contributed by atoms with Crippen LogP contribution in [-0.4, -0.2) is 33.3 Å². The van der Waals surface area contributed by atoms with E-state index in [0.717, 1.165) is 38.0 Å². The van der Waals surface area contributed by atoms with Crippen LogP contribution in [0.4, 0.5) is 5.69 Å². The monoisotopic (exact) mass is 460 g/mol. The van der Waals surface area contributed by atoms with Crippen LogP contribution in [0.2, 0.25) is 0 Å². The first-order valence-corrected chi connectivity index (χ1v) is 11.5. The van der Waals surface area contributed by atoms with Crippen LogP contribution in [0.15, 0.2) is 66.7 Å². The van der Waals surface area contributed by atoms with E-state index < -0.39 is 0 Å². The number of aryl methyl sites for hydroxylation is 1. The number of methoxy groups -OCH3 is 2. The Morgan fingerprint density at radius 1 is 0.848 bits per heavy atom. The third kappa shape index (κ3) is 4.96. The summed E-state index contributed by atoms with van der Waals surface area (Å²) in [5, 5.41) is 0.908. The normalized spacial score (nSPS) is 10.7. The minimum Gasteiger partial charge on any atom is -0.493 e. The minimum absolute atomic E-state index is 0.427. The van der Waals surface area contributed by atoms with Crippen molar-refractivity contribution in [2.45, 2.75) is 13.5 Å². The molecule has 0 spiro atoms. The molecule has 0 fully saturated rings. The summed E-state index contributed by atoms with van der Waals surface area (Å²) in [5.41, 5.74) is 5.25. The molecule has 170 valence electrons. The molecule has 0 unspecified atom stereocenters. The molecule has 4 aromatic rings. The van der Waals surface area contributed by atoms with Crippen LogP contribution >= 0.6 is 11.3 Å². The number of thiazole rings is 1. The van der Waals surface area contributed by atoms with Crippen LogP contribution in [-0.2, 0) is 6.61 Å². The Hall–Kier alpha value is -3.51. The zero-order valence-electron chi connectivity index (χ0n) is 19.6. The van der Waals surface area contributed by atoms with E-state index in [2.05, 4.69) is 36.1 Å². The number of hydrogen-bond acceptors (Lipinski definition) is 6. The zero-order chi connectivity index (χ0) is 23.4. The zero-order valence-corrected chi connectivity index (χ0v) is 20.4. The van der Waals surface area contributed by atoms with Gasteiger partial charge >= 0.3 is 0 Å². The van der Waals surface area contributed by atoms with Crippen LogP contribution in [0.5, 0.6) is 17.2 Å². The van der Waals surface area contributed by atoms with Crippen molar-refractivity contribution < 1.29 is 14.2 Å². The van der Waals surface area contributed by atoms with Gasteiger partial charge in [-0.05, 0) is 36.8 Å². The van der Waals surface area contributed by atoms with Crippen molar-refractivity contribution in [3.8, 4) is 39.1 Å². The van der Waals surface area contributed by atoms with E-state index in [9.17, 15) is 0 Å². The van der Waals surface area contributed by atoms with Gasteiger partial charge in [0.2, 0.25) is 5.75 Å². The molecule has 0 aliphatic carbocycles. The number of aromatic nitrogens is 1. The molecule has 33 heavy (non-hydrogen) atoms. The maximum Gasteiger partial charge on any atom is 0.203 e. The molecule has 6 heteroatoms. The van der Waals surface area contributed by atoms with E-state index in [4.69, 9.17) is 19.2 Å². The van der Waals surface area contributed by atoms with Gasteiger partial charge in [-0.1, -0.05) is 42.5 Å². The van der Waals surface area contributed by atoms with Gasteiger partial charge in [0.25, 0.3) is 0 Å². The lowest BCUT2D eigenvalue weighted by molar-refractivity contribution is 0.266. The molecule has 3 aromatic carbocycles. The molecular formula is C27H28N2O3S. The van der Waals surface area contributed by atoms with Crippen molar-refractivity contribution >= 4 is 17.0 Å². The van der Waals surface area contributed by atoms with Gasteiger partial charge in [0.15, 0.2) is 11.5 Å². The summed E-state index contributed by atoms with van der Waals surface area (Å²) in [5.74, 6) is 1.82. The van der Waals surface area contributed by atoms with E-state index in [-0.39, 0.29) is 0 Å². The average Bonchev–Trinajstić information content (AvgIpc) is 3.24. The summed E-state index contributed by atoms with van der Waals surface area (Å²) >= 11 is 1.65. The Labute approximate surface area is 199 Å². The predicted octanol–water partition coefficient (Wildman–Crippen LogP) is 6.45. The van der Waals surface area contributed by atoms with Crippen molar-refractivity contribution in [3.63, 3.8) is 0 Å². The maximum atomic E-state index is 6.08. The lowest BCUT2D eigenvalue weighted by atomic mass is 10.1. The van der Waals surface area contributed by atoms with E-state index in [0.29, 0.717) is 23.9 Å². The second-order valence-corrected chi connectivity index (χ2v) is 9.05. The van der Waals surface area contributed by atoms with E-state index in [1.165, 1.54) is 0 Å². The van der Waals surface area contributed by atoms with Gasteiger partial charge in [0, 0.05) is 35.8 Å². The van der Waals surface area contributed by atoms with Crippen LogP contribution in [0.1, 0.15) is 10.4 Å². The second kappa shape index (κ2) is 9.96. The van der Waals surface area contributed by atoms with Gasteiger partial charge in [-0.25, -0.2) is 4.98 Å². The Balaban J connectivity index is 1.66. The van der Waals surface area contributed by atoms with Crippen molar-refractivity contribution in [1.29, 1.82) is 0 Å². The Kier molecular flexibility index (Phi) is 6.84. The number of hydrogen-bond donors (Lipinski definition) is 0. The third-order valence-electron chi connectivity index (χ3n) is 5.39. The first-order chi connectivity index (χ1) is 16.0. The fourth-order valence-electron chi connectivity index (χ4n) is 3.58. The van der Waals surface area contributed by atoms with Crippen LogP contribution < -0.4 is 19.1 Å². The molecule has 0 radical (unpaired) electrons. The summed E-state index contributed by atoms with van der Waals surface area (Å²) < 4.78 is 17.4. The maximum absolute atomic E-state index is 6.08. The molecule has 1 aromatic heterocycles. The highest BCUT2D eigenvalue weighted by molar-refractivity contribution is 7.15. The number of anilines is 1. The predicted molar refractivity (Wildman–Crippen MR) is 136 cm³/mol. The highest BCUT2D eigenvalue weighted by Gasteiger charge is 2.18. The first kappa shape index (κ1) is 22.7. The van der Waals surface area contributed by atoms with Crippen LogP contribution in [0.3, 0.4) is 0 Å². The molecule has 1 heterocycles. The van der Waals surface area contributed by atoms with E-state index in [1.54, 1.807) is 25.6 Å². The first-order valence-electron chi connectivity index (χ1n) is 10.7. The Morgan fingerprint density at radius 2 is 1.48 bits per heavy atom. The number of rotatable bonds is 8. The highest BCUT2D eigenvalue weighted by Crippen LogP contribution is 2.43. The number of benzene rings is 3. The van der Waals surface area contributed by atoms with Crippen molar-refractivity contribution in [1.82, 2.24) is 4.98 Å². The summed E-state index contributed by atoms with van der Waals surface area (Å²) in [4.78, 5) is 8.20. The fourth-order valence-corrected chi connectivity index (χ4v) is 4.50. The van der Waals surface area contributed by atoms with Crippen molar-refractivity contribution in [2.75, 3.05) is 33.2 Å². The Bertz CT molecular complexity index is 1190. The van der Waals surface area contributed by atoms with Gasteiger partial charge in [0.1, 0.15) is 11.6 Å². The van der Waals surface area contributed by atoms with Crippen molar-refractivity contribution in [2.24, 2.45) is 0 Å². The molecule has 0 N–H and O–H groups in total. The lowest BCUT2D eigenvalue weighted by Crippen LogP contribution is -2.07. The molecule has 4 rings (SSSR count). The average molecular weight is 461 g/mol. The van der Waals surface area contributed by atoms with Gasteiger partial charge in [0.05, 0.1) is 19.9 Å². The number of nitrogens with zero attached hydrogens (tertiary/aromatic N) is 2. The van der Waals surface area contributed by atoms with Crippen molar-refractivity contribution in [3.05, 3.63) is 77.2 Å². The summed E-state index contributed by atoms with van der Waals surface area (Å²) in [6.07, 6.45) is 0. The second-order valence-electron chi connectivity index (χ2n) is 7.85. The summed E-state index contributed by atoms with van der Waals surface area (Å²) in [6.45, 7) is 2.53. The van der Waals surface area contributed by atoms with Gasteiger partial charge in [-0.3, -0.25) is 0 Å². The van der Waals surface area contributed by atoms with Gasteiger partial charge in [-0.15, -0.1) is 11.3 Å². The third-order valence-corrected chi connectivity index (χ3v) is 6.41. The molecule has 5 nitrogen and oxygen atoms in total. The summed E-state index contributed by atoms with van der Waals surface area (Å²) in [6, 6.07) is 22.4. The van der Waals surface area contributed by atoms with Crippen LogP contribution in [0, 0.1) is 6.92 Å². The lowest BCUT2D eigenvalue weighted by Gasteiger charge is -2.15. The molecule has 0 bridgehead atoms. The van der Waals surface area contributed by atoms with Gasteiger partial charge in [-0.2, -0.15) is 0 Å². The van der Waals surface area contributed by atoms with E-state index >= 15 is 0 Å². The smallest absolute Gasteiger partial charge is 0.203 e. The fraction of sp³-hybridized carbons (Fsp3) is 0.222. The molecule has 0 aliphatic rings. The highest BCUT2D eigenvalue weighted by atomic mass is 32.1. The Morgan fingerprint density at radius 3 is 2.06 bits per heavy atom. The molecule has 0 saturated carbocycles. The van der Waals surface area contributed by atoms with E-state index in [1.807, 2.05) is 56.6 Å².